The van der Waals surface area contributed by atoms with E-state index in [-0.39, 0.29) is 47.6 Å². The Hall–Kier alpha value is -2.70. The molecule has 2 fully saturated rings. The molecule has 0 unspecified atom stereocenters. The third kappa shape index (κ3) is 7.44. The van der Waals surface area contributed by atoms with E-state index in [2.05, 4.69) is 52.0 Å². The Kier molecular flexibility index (Phi) is 10.2. The van der Waals surface area contributed by atoms with E-state index in [1.54, 1.807) is 0 Å². The molecule has 2 amide bonds. The number of carbonyl (C=O) groups excluding carboxylic acids is 2. The maximum absolute atomic E-state index is 14.1. The van der Waals surface area contributed by atoms with Gasteiger partial charge in [-0.15, -0.1) is 0 Å². The second kappa shape index (κ2) is 13.3. The summed E-state index contributed by atoms with van der Waals surface area (Å²) in [6, 6.07) is 20.6. The van der Waals surface area contributed by atoms with Crippen molar-refractivity contribution in [2.75, 3.05) is 13.2 Å². The lowest BCUT2D eigenvalue weighted by Crippen LogP contribution is -2.51. The van der Waals surface area contributed by atoms with Crippen LogP contribution in [0.2, 0.25) is 0 Å². The molecule has 2 aliphatic heterocycles. The minimum absolute atomic E-state index is 0.0110. The number of hydrogen-bond donors (Lipinski definition) is 0. The molecule has 2 aromatic carbocycles. The second-order valence-corrected chi connectivity index (χ2v) is 14.0. The van der Waals surface area contributed by atoms with Gasteiger partial charge in [-0.2, -0.15) is 0 Å². The van der Waals surface area contributed by atoms with E-state index in [1.807, 2.05) is 73.9 Å². The van der Waals surface area contributed by atoms with Crippen LogP contribution < -0.4 is 0 Å². The van der Waals surface area contributed by atoms with Crippen LogP contribution in [0.5, 0.6) is 0 Å². The molecular formula is C36H52N2O4. The Morgan fingerprint density at radius 1 is 0.667 bits per heavy atom. The fourth-order valence-electron chi connectivity index (χ4n) is 7.21. The molecule has 4 atom stereocenters. The van der Waals surface area contributed by atoms with Crippen LogP contribution in [0, 0.1) is 23.7 Å². The molecule has 42 heavy (non-hydrogen) atoms. The third-order valence-electron chi connectivity index (χ3n) is 9.40. The van der Waals surface area contributed by atoms with Crippen molar-refractivity contribution in [3.8, 4) is 0 Å². The van der Waals surface area contributed by atoms with Crippen molar-refractivity contribution in [2.24, 2.45) is 23.7 Å². The molecule has 0 bridgehead atoms. The van der Waals surface area contributed by atoms with Gasteiger partial charge in [0.25, 0.3) is 0 Å². The maximum Gasteiger partial charge on any atom is 0.225 e. The number of nitrogens with zero attached hydrogens (tertiary/aromatic N) is 2. The molecule has 2 aliphatic rings. The minimum atomic E-state index is -0.664. The highest BCUT2D eigenvalue weighted by Crippen LogP contribution is 2.39. The molecular weight excluding hydrogens is 524 g/mol. The van der Waals surface area contributed by atoms with Gasteiger partial charge in [-0.05, 0) is 75.3 Å². The number of benzene rings is 2. The zero-order valence-corrected chi connectivity index (χ0v) is 27.0. The van der Waals surface area contributed by atoms with Crippen molar-refractivity contribution in [3.05, 3.63) is 71.8 Å². The number of ether oxygens (including phenoxy) is 2. The fourth-order valence-corrected chi connectivity index (χ4v) is 7.21. The van der Waals surface area contributed by atoms with E-state index in [1.165, 1.54) is 11.1 Å². The summed E-state index contributed by atoms with van der Waals surface area (Å²) in [6.45, 7) is 17.8. The first-order chi connectivity index (χ1) is 19.8. The van der Waals surface area contributed by atoms with E-state index in [9.17, 15) is 9.59 Å². The van der Waals surface area contributed by atoms with Crippen LogP contribution in [0.3, 0.4) is 0 Å². The average Bonchev–Trinajstić information content (AvgIpc) is 3.40. The molecule has 2 saturated heterocycles. The predicted molar refractivity (Wildman–Crippen MR) is 168 cm³/mol. The van der Waals surface area contributed by atoms with Crippen molar-refractivity contribution < 1.29 is 19.1 Å². The summed E-state index contributed by atoms with van der Waals surface area (Å²) in [5, 5.41) is 0. The van der Waals surface area contributed by atoms with Gasteiger partial charge < -0.3 is 19.3 Å². The molecule has 230 valence electrons. The summed E-state index contributed by atoms with van der Waals surface area (Å²) in [6.07, 6.45) is 2.33. The molecule has 0 aliphatic carbocycles. The summed E-state index contributed by atoms with van der Waals surface area (Å²) in [5.74, 6) is 0.848. The van der Waals surface area contributed by atoms with Crippen molar-refractivity contribution in [1.82, 2.24) is 9.80 Å². The fraction of sp³-hybridized carbons (Fsp3) is 0.611. The smallest absolute Gasteiger partial charge is 0.225 e. The van der Waals surface area contributed by atoms with Crippen LogP contribution >= 0.6 is 0 Å². The van der Waals surface area contributed by atoms with Crippen molar-refractivity contribution in [3.63, 3.8) is 0 Å². The molecule has 2 heterocycles. The molecule has 4 rings (SSSR count). The van der Waals surface area contributed by atoms with E-state index >= 15 is 0 Å². The molecule has 0 aromatic heterocycles. The third-order valence-corrected chi connectivity index (χ3v) is 9.40. The monoisotopic (exact) mass is 576 g/mol. The van der Waals surface area contributed by atoms with Gasteiger partial charge in [-0.3, -0.25) is 9.59 Å². The molecule has 0 spiro atoms. The van der Waals surface area contributed by atoms with Crippen LogP contribution in [-0.2, 0) is 31.9 Å². The van der Waals surface area contributed by atoms with Crippen molar-refractivity contribution in [2.45, 2.75) is 105 Å². The first-order valence-electron chi connectivity index (χ1n) is 15.8. The summed E-state index contributed by atoms with van der Waals surface area (Å²) < 4.78 is 12.3. The largest absolute Gasteiger partial charge is 0.354 e. The molecule has 0 radical (unpaired) electrons. The van der Waals surface area contributed by atoms with Crippen LogP contribution in [0.15, 0.2) is 60.7 Å². The van der Waals surface area contributed by atoms with Gasteiger partial charge in [0, 0.05) is 12.8 Å². The Balaban J connectivity index is 1.52. The van der Waals surface area contributed by atoms with E-state index < -0.39 is 11.4 Å². The van der Waals surface area contributed by atoms with Gasteiger partial charge in [-0.1, -0.05) is 88.4 Å². The predicted octanol–water partition coefficient (Wildman–Crippen LogP) is 6.72. The SMILES string of the molecule is CC(C)[C@@H](CC(=O)N1[C@@H](Cc2ccccc2)COC1(C)C)[C@H](CC(=O)N1[C@@H](Cc2ccccc2)COC1(C)C)C(C)C. The van der Waals surface area contributed by atoms with Gasteiger partial charge in [0.2, 0.25) is 11.8 Å². The standard InChI is InChI=1S/C36H52N2O4/c1-25(2)31(21-33(39)37-29(23-41-35(37,5)6)19-27-15-11-9-12-16-27)32(26(3)4)22-34(40)38-30(24-42-36(38,7)8)20-28-17-13-10-14-18-28/h9-18,25-26,29-32H,19-24H2,1-8H3/t29-,30-,31+,32+/m0/s1. The molecule has 6 heteroatoms. The summed E-state index contributed by atoms with van der Waals surface area (Å²) in [5.41, 5.74) is 1.08. The highest BCUT2D eigenvalue weighted by atomic mass is 16.5. The molecule has 2 aromatic rings. The zero-order chi connectivity index (χ0) is 30.7. The highest BCUT2D eigenvalue weighted by molar-refractivity contribution is 5.79. The van der Waals surface area contributed by atoms with Crippen molar-refractivity contribution >= 4 is 11.8 Å². The molecule has 0 saturated carbocycles. The van der Waals surface area contributed by atoms with Crippen LogP contribution in [0.4, 0.5) is 0 Å². The first-order valence-corrected chi connectivity index (χ1v) is 15.8. The summed E-state index contributed by atoms with van der Waals surface area (Å²) >= 11 is 0. The Morgan fingerprint density at radius 2 is 1.00 bits per heavy atom. The number of hydrogen-bond acceptors (Lipinski definition) is 4. The van der Waals surface area contributed by atoms with Crippen LogP contribution in [0.25, 0.3) is 0 Å². The first kappa shape index (κ1) is 32.2. The van der Waals surface area contributed by atoms with E-state index in [0.29, 0.717) is 26.1 Å². The topological polar surface area (TPSA) is 59.1 Å². The second-order valence-electron chi connectivity index (χ2n) is 14.0. The van der Waals surface area contributed by atoms with E-state index in [4.69, 9.17) is 9.47 Å². The molecule has 0 N–H and O–H groups in total. The van der Waals surface area contributed by atoms with Gasteiger partial charge in [0.15, 0.2) is 0 Å². The summed E-state index contributed by atoms with van der Waals surface area (Å²) in [4.78, 5) is 32.2. The molecule has 6 nitrogen and oxygen atoms in total. The van der Waals surface area contributed by atoms with Crippen LogP contribution in [0.1, 0.15) is 79.4 Å². The van der Waals surface area contributed by atoms with Gasteiger partial charge >= 0.3 is 0 Å². The number of rotatable bonds is 11. The Morgan fingerprint density at radius 3 is 1.31 bits per heavy atom. The highest BCUT2D eigenvalue weighted by Gasteiger charge is 2.47. The lowest BCUT2D eigenvalue weighted by Gasteiger charge is -2.40. The number of carbonyl (C=O) groups is 2. The normalized spacial score (nSPS) is 23.0. The zero-order valence-electron chi connectivity index (χ0n) is 27.0. The van der Waals surface area contributed by atoms with E-state index in [0.717, 1.165) is 12.8 Å². The van der Waals surface area contributed by atoms with Gasteiger partial charge in [0.1, 0.15) is 11.4 Å². The lowest BCUT2D eigenvalue weighted by molar-refractivity contribution is -0.152. The van der Waals surface area contributed by atoms with Crippen molar-refractivity contribution in [1.29, 1.82) is 0 Å². The quantitative estimate of drug-likeness (QED) is 0.298. The Bertz CT molecular complexity index is 1080. The average molecular weight is 577 g/mol. The Labute approximate surface area is 253 Å². The van der Waals surface area contributed by atoms with Gasteiger partial charge in [0.05, 0.1) is 25.3 Å². The maximum atomic E-state index is 14.1. The number of amides is 2. The van der Waals surface area contributed by atoms with Crippen LogP contribution in [-0.4, -0.2) is 58.4 Å². The van der Waals surface area contributed by atoms with Gasteiger partial charge in [-0.25, -0.2) is 0 Å². The lowest BCUT2D eigenvalue weighted by atomic mass is 9.73. The summed E-state index contributed by atoms with van der Waals surface area (Å²) in [7, 11) is 0. The minimum Gasteiger partial charge on any atom is -0.354 e.